The molecule has 1 saturated carbocycles. The standard InChI is InChI=1S/C11H16F5NO/c1-7-4-3-5-8(6-7)17(2)9(18)10(12,13)11(14,15)16/h7-8H,3-6H2,1-2H3. The van der Waals surface area contributed by atoms with E-state index >= 15 is 0 Å². The van der Waals surface area contributed by atoms with Crippen molar-refractivity contribution in [3.8, 4) is 0 Å². The normalized spacial score (nSPS) is 25.9. The highest BCUT2D eigenvalue weighted by Crippen LogP contribution is 2.38. The van der Waals surface area contributed by atoms with Crippen molar-refractivity contribution >= 4 is 5.91 Å². The quantitative estimate of drug-likeness (QED) is 0.707. The average Bonchev–Trinajstić information content (AvgIpc) is 2.25. The lowest BCUT2D eigenvalue weighted by Gasteiger charge is -2.36. The molecule has 1 fully saturated rings. The molecule has 2 unspecified atom stereocenters. The number of alkyl halides is 5. The highest BCUT2D eigenvalue weighted by Gasteiger charge is 2.64. The first-order valence-corrected chi connectivity index (χ1v) is 5.79. The van der Waals surface area contributed by atoms with Crippen LogP contribution < -0.4 is 0 Å². The van der Waals surface area contributed by atoms with Gasteiger partial charge >= 0.3 is 18.0 Å². The number of halogens is 5. The molecule has 1 amide bonds. The van der Waals surface area contributed by atoms with E-state index in [2.05, 4.69) is 0 Å². The number of carbonyl (C=O) groups is 1. The second-order valence-electron chi connectivity index (χ2n) is 4.91. The number of nitrogens with zero attached hydrogens (tertiary/aromatic N) is 1. The molecule has 2 nitrogen and oxygen atoms in total. The first kappa shape index (κ1) is 15.2. The summed E-state index contributed by atoms with van der Waals surface area (Å²) in [6.45, 7) is 1.90. The molecule has 0 radical (unpaired) electrons. The van der Waals surface area contributed by atoms with Crippen LogP contribution in [0.4, 0.5) is 22.0 Å². The van der Waals surface area contributed by atoms with Gasteiger partial charge in [0, 0.05) is 13.1 Å². The van der Waals surface area contributed by atoms with Gasteiger partial charge in [-0.25, -0.2) is 0 Å². The summed E-state index contributed by atoms with van der Waals surface area (Å²) in [4.78, 5) is 11.8. The lowest BCUT2D eigenvalue weighted by atomic mass is 9.86. The minimum Gasteiger partial charge on any atom is -0.337 e. The predicted molar refractivity (Wildman–Crippen MR) is 55.2 cm³/mol. The van der Waals surface area contributed by atoms with Gasteiger partial charge < -0.3 is 4.90 Å². The molecule has 106 valence electrons. The van der Waals surface area contributed by atoms with E-state index < -0.39 is 24.0 Å². The Hall–Kier alpha value is -0.880. The number of carbonyl (C=O) groups excluding carboxylic acids is 1. The van der Waals surface area contributed by atoms with Crippen LogP contribution in [0, 0.1) is 5.92 Å². The third kappa shape index (κ3) is 2.92. The van der Waals surface area contributed by atoms with Gasteiger partial charge in [0.25, 0.3) is 0 Å². The van der Waals surface area contributed by atoms with E-state index in [0.29, 0.717) is 17.7 Å². The number of hydrogen-bond acceptors (Lipinski definition) is 1. The smallest absolute Gasteiger partial charge is 0.337 e. The molecule has 0 spiro atoms. The summed E-state index contributed by atoms with van der Waals surface area (Å²) in [6, 6.07) is -0.533. The Balaban J connectivity index is 2.77. The maximum atomic E-state index is 12.9. The molecular formula is C11H16F5NO. The van der Waals surface area contributed by atoms with Crippen LogP contribution in [0.1, 0.15) is 32.6 Å². The third-order valence-corrected chi connectivity index (χ3v) is 3.40. The van der Waals surface area contributed by atoms with Gasteiger partial charge in [-0.15, -0.1) is 0 Å². The van der Waals surface area contributed by atoms with Gasteiger partial charge in [-0.1, -0.05) is 19.8 Å². The summed E-state index contributed by atoms with van der Waals surface area (Å²) in [5.74, 6) is -7.23. The lowest BCUT2D eigenvalue weighted by Crippen LogP contribution is -2.54. The summed E-state index contributed by atoms with van der Waals surface area (Å²) >= 11 is 0. The SMILES string of the molecule is CC1CCCC(N(C)C(=O)C(F)(F)C(F)(F)F)C1. The number of amides is 1. The lowest BCUT2D eigenvalue weighted by molar-refractivity contribution is -0.274. The predicted octanol–water partition coefficient (Wildman–Crippen LogP) is 3.22. The zero-order valence-electron chi connectivity index (χ0n) is 10.2. The molecule has 0 aliphatic heterocycles. The largest absolute Gasteiger partial charge is 0.463 e. The summed E-state index contributed by atoms with van der Waals surface area (Å²) in [7, 11) is 1.02. The molecule has 0 heterocycles. The Morgan fingerprint density at radius 2 is 1.72 bits per heavy atom. The molecule has 2 atom stereocenters. The van der Waals surface area contributed by atoms with Crippen molar-refractivity contribution in [1.29, 1.82) is 0 Å². The van der Waals surface area contributed by atoms with Crippen LogP contribution in [0.15, 0.2) is 0 Å². The average molecular weight is 273 g/mol. The highest BCUT2D eigenvalue weighted by molar-refractivity contribution is 5.84. The summed E-state index contributed by atoms with van der Waals surface area (Å²) < 4.78 is 62.1. The molecule has 7 heteroatoms. The topological polar surface area (TPSA) is 20.3 Å². The molecule has 0 aromatic rings. The van der Waals surface area contributed by atoms with Crippen LogP contribution in [-0.4, -0.2) is 36.0 Å². The van der Waals surface area contributed by atoms with Crippen LogP contribution in [0.3, 0.4) is 0 Å². The van der Waals surface area contributed by atoms with Crippen LogP contribution in [-0.2, 0) is 4.79 Å². The zero-order chi connectivity index (χ0) is 14.1. The minimum absolute atomic E-state index is 0.235. The first-order chi connectivity index (χ1) is 8.07. The molecule has 0 aromatic heterocycles. The van der Waals surface area contributed by atoms with Gasteiger partial charge in [0.2, 0.25) is 0 Å². The minimum atomic E-state index is -5.83. The fraction of sp³-hybridized carbons (Fsp3) is 0.909. The number of hydrogen-bond donors (Lipinski definition) is 0. The van der Waals surface area contributed by atoms with Gasteiger partial charge in [-0.05, 0) is 18.8 Å². The Kier molecular flexibility index (Phi) is 4.23. The van der Waals surface area contributed by atoms with Crippen molar-refractivity contribution in [2.24, 2.45) is 5.92 Å². The molecule has 18 heavy (non-hydrogen) atoms. The molecule has 0 N–H and O–H groups in total. The summed E-state index contributed by atoms with van der Waals surface area (Å²) in [5, 5.41) is 0. The van der Waals surface area contributed by atoms with Gasteiger partial charge in [0.1, 0.15) is 0 Å². The molecule has 1 aliphatic rings. The van der Waals surface area contributed by atoms with Gasteiger partial charge in [-0.3, -0.25) is 4.79 Å². The first-order valence-electron chi connectivity index (χ1n) is 5.79. The highest BCUT2D eigenvalue weighted by atomic mass is 19.4. The fourth-order valence-electron chi connectivity index (χ4n) is 2.26. The van der Waals surface area contributed by atoms with Crippen LogP contribution in [0.5, 0.6) is 0 Å². The zero-order valence-corrected chi connectivity index (χ0v) is 10.2. The Labute approximate surface area is 102 Å². The van der Waals surface area contributed by atoms with E-state index in [9.17, 15) is 26.7 Å². The van der Waals surface area contributed by atoms with Crippen LogP contribution in [0.2, 0.25) is 0 Å². The van der Waals surface area contributed by atoms with E-state index in [1.807, 2.05) is 6.92 Å². The fourth-order valence-corrected chi connectivity index (χ4v) is 2.26. The summed E-state index contributed by atoms with van der Waals surface area (Å²) in [6.07, 6.45) is -3.25. The maximum Gasteiger partial charge on any atom is 0.463 e. The Bertz CT molecular complexity index is 315. The van der Waals surface area contributed by atoms with Crippen molar-refractivity contribution in [2.75, 3.05) is 7.05 Å². The van der Waals surface area contributed by atoms with Crippen LogP contribution >= 0.6 is 0 Å². The van der Waals surface area contributed by atoms with Crippen molar-refractivity contribution in [3.63, 3.8) is 0 Å². The van der Waals surface area contributed by atoms with Gasteiger partial charge in [0.05, 0.1) is 0 Å². The molecule has 0 bridgehead atoms. The van der Waals surface area contributed by atoms with Crippen LogP contribution in [0.25, 0.3) is 0 Å². The monoisotopic (exact) mass is 273 g/mol. The maximum absolute atomic E-state index is 12.9. The Morgan fingerprint density at radius 1 is 1.17 bits per heavy atom. The molecule has 1 aliphatic carbocycles. The van der Waals surface area contributed by atoms with E-state index in [4.69, 9.17) is 0 Å². The number of rotatable bonds is 2. The van der Waals surface area contributed by atoms with Gasteiger partial charge in [-0.2, -0.15) is 22.0 Å². The third-order valence-electron chi connectivity index (χ3n) is 3.40. The van der Waals surface area contributed by atoms with E-state index in [1.165, 1.54) is 0 Å². The molecule has 0 aromatic carbocycles. The van der Waals surface area contributed by atoms with Crippen molar-refractivity contribution in [1.82, 2.24) is 4.90 Å². The van der Waals surface area contributed by atoms with E-state index in [-0.39, 0.29) is 5.92 Å². The van der Waals surface area contributed by atoms with Crippen molar-refractivity contribution in [2.45, 2.75) is 50.7 Å². The van der Waals surface area contributed by atoms with E-state index in [0.717, 1.165) is 19.9 Å². The van der Waals surface area contributed by atoms with E-state index in [1.54, 1.807) is 0 Å². The molecule has 0 saturated heterocycles. The molecular weight excluding hydrogens is 257 g/mol. The van der Waals surface area contributed by atoms with Crippen molar-refractivity contribution < 1.29 is 26.7 Å². The second-order valence-corrected chi connectivity index (χ2v) is 4.91. The summed E-state index contributed by atoms with van der Waals surface area (Å²) in [5.41, 5.74) is 0. The van der Waals surface area contributed by atoms with Crippen molar-refractivity contribution in [3.05, 3.63) is 0 Å². The van der Waals surface area contributed by atoms with Gasteiger partial charge in [0.15, 0.2) is 0 Å². The molecule has 1 rings (SSSR count). The Morgan fingerprint density at radius 3 is 2.17 bits per heavy atom. The second kappa shape index (κ2) is 5.01.